The van der Waals surface area contributed by atoms with Crippen LogP contribution in [0.3, 0.4) is 0 Å². The van der Waals surface area contributed by atoms with Gasteiger partial charge in [0.1, 0.15) is 5.69 Å². The topological polar surface area (TPSA) is 55.3 Å². The van der Waals surface area contributed by atoms with Gasteiger partial charge in [0.2, 0.25) is 0 Å². The fraction of sp³-hybridized carbons (Fsp3) is 0. The van der Waals surface area contributed by atoms with E-state index in [9.17, 15) is 0 Å². The van der Waals surface area contributed by atoms with Gasteiger partial charge in [-0.2, -0.15) is 0 Å². The highest BCUT2D eigenvalue weighted by atomic mass is 15.3. The van der Waals surface area contributed by atoms with Gasteiger partial charge in [0.25, 0.3) is 0 Å². The zero-order chi connectivity index (χ0) is 11.7. The van der Waals surface area contributed by atoms with Crippen LogP contribution in [0.5, 0.6) is 0 Å². The number of hydrogen-bond donors (Lipinski definition) is 2. The Hall–Kier alpha value is -2.49. The maximum Gasteiger partial charge on any atom is 0.176 e. The highest BCUT2D eigenvalue weighted by molar-refractivity contribution is 5.83. The van der Waals surface area contributed by atoms with Crippen molar-refractivity contribution in [2.45, 2.75) is 0 Å². The van der Waals surface area contributed by atoms with Crippen molar-refractivity contribution < 1.29 is 0 Å². The van der Waals surface area contributed by atoms with E-state index < -0.39 is 0 Å². The molecule has 3 N–H and O–H groups in total. The number of anilines is 3. The number of nitrogens with one attached hydrogen (secondary N) is 1. The summed E-state index contributed by atoms with van der Waals surface area (Å²) in [4.78, 5) is 0. The van der Waals surface area contributed by atoms with Gasteiger partial charge in [0.05, 0.1) is 5.52 Å². The smallest absolute Gasteiger partial charge is 0.176 e. The number of nitrogen functional groups attached to an aromatic ring is 1. The number of nitrogens with zero attached hydrogens (tertiary/aromatic N) is 2. The molecule has 84 valence electrons. The molecule has 0 bridgehead atoms. The second-order valence-electron chi connectivity index (χ2n) is 3.78. The summed E-state index contributed by atoms with van der Waals surface area (Å²) in [6, 6.07) is 15.7. The van der Waals surface area contributed by atoms with Crippen molar-refractivity contribution >= 4 is 22.7 Å². The van der Waals surface area contributed by atoms with E-state index in [4.69, 9.17) is 5.73 Å². The number of fused-ring (bicyclic) bond motifs is 1. The average Bonchev–Trinajstić information content (AvgIpc) is 2.68. The van der Waals surface area contributed by atoms with Gasteiger partial charge in [-0.15, -0.1) is 5.10 Å². The highest BCUT2D eigenvalue weighted by Gasteiger charge is 2.08. The summed E-state index contributed by atoms with van der Waals surface area (Å²) in [6.07, 6.45) is 1.88. The normalized spacial score (nSPS) is 10.6. The summed E-state index contributed by atoms with van der Waals surface area (Å²) in [7, 11) is 0. The van der Waals surface area contributed by atoms with Gasteiger partial charge in [-0.3, -0.25) is 0 Å². The third-order valence-corrected chi connectivity index (χ3v) is 2.61. The molecule has 0 atom stereocenters. The minimum absolute atomic E-state index is 0.662. The summed E-state index contributed by atoms with van der Waals surface area (Å²) in [5, 5.41) is 7.59. The Labute approximate surface area is 98.7 Å². The molecular weight excluding hydrogens is 212 g/mol. The SMILES string of the molecule is Nc1c(Nc2ccccc2)nn2ccccc12. The van der Waals surface area contributed by atoms with E-state index in [1.807, 2.05) is 54.7 Å². The summed E-state index contributed by atoms with van der Waals surface area (Å²) in [5.74, 6) is 0.683. The van der Waals surface area contributed by atoms with E-state index >= 15 is 0 Å². The molecule has 0 unspecified atom stereocenters. The molecule has 0 aliphatic carbocycles. The summed E-state index contributed by atoms with van der Waals surface area (Å²) < 4.78 is 1.76. The van der Waals surface area contributed by atoms with Crippen LogP contribution in [-0.2, 0) is 0 Å². The Morgan fingerprint density at radius 3 is 2.53 bits per heavy atom. The van der Waals surface area contributed by atoms with Gasteiger partial charge in [0.15, 0.2) is 5.82 Å². The maximum atomic E-state index is 6.04. The number of nitrogens with two attached hydrogens (primary N) is 1. The van der Waals surface area contributed by atoms with Gasteiger partial charge < -0.3 is 11.1 Å². The van der Waals surface area contributed by atoms with Crippen LogP contribution in [0.15, 0.2) is 54.7 Å². The minimum Gasteiger partial charge on any atom is -0.394 e. The molecule has 0 spiro atoms. The molecule has 0 fully saturated rings. The first-order chi connectivity index (χ1) is 8.34. The first-order valence-corrected chi connectivity index (χ1v) is 5.39. The second kappa shape index (κ2) is 3.83. The molecule has 0 aliphatic heterocycles. The lowest BCUT2D eigenvalue weighted by Gasteiger charge is -2.02. The van der Waals surface area contributed by atoms with Gasteiger partial charge in [-0.25, -0.2) is 4.52 Å². The predicted octanol–water partition coefficient (Wildman–Crippen LogP) is 2.66. The standard InChI is InChI=1S/C13H12N4/c14-12-11-8-4-5-9-17(11)16-13(12)15-10-6-2-1-3-7-10/h1-9H,14H2,(H,15,16). The number of para-hydroxylation sites is 1. The van der Waals surface area contributed by atoms with E-state index in [0.717, 1.165) is 11.2 Å². The molecule has 0 amide bonds. The van der Waals surface area contributed by atoms with Crippen LogP contribution >= 0.6 is 0 Å². The van der Waals surface area contributed by atoms with E-state index in [0.29, 0.717) is 11.5 Å². The molecule has 0 saturated carbocycles. The molecule has 4 heteroatoms. The third kappa shape index (κ3) is 1.69. The van der Waals surface area contributed by atoms with Crippen LogP contribution in [0.1, 0.15) is 0 Å². The quantitative estimate of drug-likeness (QED) is 0.703. The molecular formula is C13H12N4. The van der Waals surface area contributed by atoms with Crippen LogP contribution in [0.4, 0.5) is 17.2 Å². The van der Waals surface area contributed by atoms with E-state index in [-0.39, 0.29) is 0 Å². The lowest BCUT2D eigenvalue weighted by molar-refractivity contribution is 0.965. The van der Waals surface area contributed by atoms with Crippen molar-refractivity contribution in [3.05, 3.63) is 54.7 Å². The van der Waals surface area contributed by atoms with Crippen molar-refractivity contribution in [3.8, 4) is 0 Å². The van der Waals surface area contributed by atoms with E-state index in [2.05, 4.69) is 10.4 Å². The highest BCUT2D eigenvalue weighted by Crippen LogP contribution is 2.25. The number of rotatable bonds is 2. The molecule has 0 radical (unpaired) electrons. The first kappa shape index (κ1) is 9.72. The Bertz CT molecular complexity index is 643. The fourth-order valence-corrected chi connectivity index (χ4v) is 1.77. The van der Waals surface area contributed by atoms with Crippen molar-refractivity contribution in [1.29, 1.82) is 0 Å². The Morgan fingerprint density at radius 2 is 1.76 bits per heavy atom. The minimum atomic E-state index is 0.662. The molecule has 1 aromatic carbocycles. The molecule has 3 aromatic rings. The fourth-order valence-electron chi connectivity index (χ4n) is 1.77. The zero-order valence-electron chi connectivity index (χ0n) is 9.17. The van der Waals surface area contributed by atoms with Crippen LogP contribution in [-0.4, -0.2) is 9.61 Å². The lowest BCUT2D eigenvalue weighted by Crippen LogP contribution is -1.94. The number of hydrogen-bond acceptors (Lipinski definition) is 3. The summed E-state index contributed by atoms with van der Waals surface area (Å²) in [5.41, 5.74) is 8.59. The Morgan fingerprint density at radius 1 is 1.00 bits per heavy atom. The van der Waals surface area contributed by atoms with Gasteiger partial charge in [0, 0.05) is 11.9 Å². The van der Waals surface area contributed by atoms with Gasteiger partial charge in [-0.1, -0.05) is 24.3 Å². The van der Waals surface area contributed by atoms with Crippen LogP contribution in [0.2, 0.25) is 0 Å². The molecule has 3 rings (SSSR count). The Balaban J connectivity index is 2.04. The monoisotopic (exact) mass is 224 g/mol. The van der Waals surface area contributed by atoms with E-state index in [1.165, 1.54) is 0 Å². The van der Waals surface area contributed by atoms with E-state index in [1.54, 1.807) is 4.52 Å². The summed E-state index contributed by atoms with van der Waals surface area (Å²) >= 11 is 0. The van der Waals surface area contributed by atoms with Crippen LogP contribution < -0.4 is 11.1 Å². The molecule has 0 saturated heterocycles. The number of aromatic nitrogens is 2. The van der Waals surface area contributed by atoms with Crippen LogP contribution in [0.25, 0.3) is 5.52 Å². The Kier molecular flexibility index (Phi) is 2.19. The predicted molar refractivity (Wildman–Crippen MR) is 69.3 cm³/mol. The van der Waals surface area contributed by atoms with Crippen molar-refractivity contribution in [1.82, 2.24) is 9.61 Å². The largest absolute Gasteiger partial charge is 0.394 e. The molecule has 4 nitrogen and oxygen atoms in total. The first-order valence-electron chi connectivity index (χ1n) is 5.39. The average molecular weight is 224 g/mol. The third-order valence-electron chi connectivity index (χ3n) is 2.61. The second-order valence-corrected chi connectivity index (χ2v) is 3.78. The number of pyridine rings is 1. The summed E-state index contributed by atoms with van der Waals surface area (Å²) in [6.45, 7) is 0. The lowest BCUT2D eigenvalue weighted by atomic mass is 10.3. The molecule has 2 aromatic heterocycles. The maximum absolute atomic E-state index is 6.04. The van der Waals surface area contributed by atoms with Crippen molar-refractivity contribution in [2.75, 3.05) is 11.1 Å². The molecule has 17 heavy (non-hydrogen) atoms. The van der Waals surface area contributed by atoms with Gasteiger partial charge >= 0.3 is 0 Å². The molecule has 0 aliphatic rings. The van der Waals surface area contributed by atoms with Crippen molar-refractivity contribution in [3.63, 3.8) is 0 Å². The van der Waals surface area contributed by atoms with Crippen LogP contribution in [0, 0.1) is 0 Å². The number of benzene rings is 1. The van der Waals surface area contributed by atoms with Crippen molar-refractivity contribution in [2.24, 2.45) is 0 Å². The zero-order valence-corrected chi connectivity index (χ0v) is 9.17. The van der Waals surface area contributed by atoms with Gasteiger partial charge in [-0.05, 0) is 24.3 Å². The molecule has 2 heterocycles.